The summed E-state index contributed by atoms with van der Waals surface area (Å²) in [7, 11) is 0. The van der Waals surface area contributed by atoms with Gasteiger partial charge >= 0.3 is 0 Å². The van der Waals surface area contributed by atoms with Crippen LogP contribution in [0.2, 0.25) is 0 Å². The Bertz CT molecular complexity index is 8130. The highest BCUT2D eigenvalue weighted by atomic mass is 15.0. The maximum absolute atomic E-state index is 2.60. The number of hydrogen-bond donors (Lipinski definition) is 0. The van der Waals surface area contributed by atoms with Crippen LogP contribution in [0.4, 0.5) is 0 Å². The quantitative estimate of drug-likeness (QED) is 0.144. The van der Waals surface area contributed by atoms with Gasteiger partial charge in [0.15, 0.2) is 0 Å². The topological polar surface area (TPSA) is 19.7 Å². The third-order valence-corrected chi connectivity index (χ3v) is 27.9. The number of nitrogens with zero attached hydrogens (tertiary/aromatic N) is 4. The lowest BCUT2D eigenvalue weighted by Crippen LogP contribution is -2.18. The molecule has 4 aromatic heterocycles. The van der Waals surface area contributed by atoms with E-state index in [1.807, 2.05) is 0 Å². The molecule has 0 spiro atoms. The van der Waals surface area contributed by atoms with Crippen molar-refractivity contribution in [2.24, 2.45) is 0 Å². The minimum Gasteiger partial charge on any atom is -0.309 e. The Morgan fingerprint density at radius 3 is 1.05 bits per heavy atom. The molecule has 0 saturated carbocycles. The van der Waals surface area contributed by atoms with E-state index in [0.717, 1.165) is 37.1 Å². The SMILES string of the molecule is CC1(C)c2ccccc2-c2c1c1c(c3cc4c(cc23)Cc2ccccc2C4)c2ccccc2n1-c1ccc(-c2c(-c3ccccc3)n(-c3ccccc3)c3ccccc23)cc1.CC1(C)c2ccccc2-c2c3c(c4c5ccccc5n(-c5ccc(-c6c(-c7ccccc7)n(-c7ccccc7)c7ccccc67)cc5)c4c21)Cc1cc2ccccc2cc1C3. The lowest BCUT2D eigenvalue weighted by molar-refractivity contribution is 0.663. The van der Waals surface area contributed by atoms with Crippen molar-refractivity contribution in [3.8, 4) is 89.8 Å². The number of para-hydroxylation sites is 6. The average Bonchev–Trinajstić information content (AvgIpc) is 1.51. The summed E-state index contributed by atoms with van der Waals surface area (Å²) in [6.45, 7) is 9.78. The fourth-order valence-electron chi connectivity index (χ4n) is 22.7. The Morgan fingerprint density at radius 2 is 0.566 bits per heavy atom. The molecule has 26 rings (SSSR count). The van der Waals surface area contributed by atoms with E-state index in [4.69, 9.17) is 0 Å². The highest BCUT2D eigenvalue weighted by Gasteiger charge is 2.44. The van der Waals surface area contributed by atoms with Gasteiger partial charge in [0.25, 0.3) is 0 Å². The van der Waals surface area contributed by atoms with Crippen molar-refractivity contribution >= 4 is 87.0 Å². The first-order chi connectivity index (χ1) is 60.1. The third kappa shape index (κ3) is 10.3. The molecule has 0 aliphatic heterocycles. The molecular formula is C118H84N4. The number of aromatic nitrogens is 4. The lowest BCUT2D eigenvalue weighted by atomic mass is 9.76. The van der Waals surface area contributed by atoms with Crippen molar-refractivity contribution in [2.75, 3.05) is 0 Å². The van der Waals surface area contributed by atoms with E-state index in [-0.39, 0.29) is 10.8 Å². The summed E-state index contributed by atoms with van der Waals surface area (Å²) in [4.78, 5) is 0. The van der Waals surface area contributed by atoms with Gasteiger partial charge in [-0.15, -0.1) is 0 Å². The first-order valence-electron chi connectivity index (χ1n) is 43.2. The van der Waals surface area contributed by atoms with Crippen LogP contribution in [0.15, 0.2) is 388 Å². The summed E-state index contributed by atoms with van der Waals surface area (Å²) in [6.07, 6.45) is 3.80. The van der Waals surface area contributed by atoms with E-state index < -0.39 is 0 Å². The molecular weight excluding hydrogens is 1470 g/mol. The minimum absolute atomic E-state index is 0.196. The van der Waals surface area contributed by atoms with Gasteiger partial charge < -0.3 is 18.3 Å². The molecule has 0 atom stereocenters. The van der Waals surface area contributed by atoms with E-state index in [9.17, 15) is 0 Å². The van der Waals surface area contributed by atoms with Crippen molar-refractivity contribution in [2.45, 2.75) is 64.2 Å². The number of fused-ring (bicyclic) bond motifs is 26. The van der Waals surface area contributed by atoms with Crippen LogP contribution in [0.1, 0.15) is 94.5 Å². The molecule has 0 bridgehead atoms. The normalized spacial score (nSPS) is 13.7. The van der Waals surface area contributed by atoms with Gasteiger partial charge in [0.2, 0.25) is 0 Å². The lowest BCUT2D eigenvalue weighted by Gasteiger charge is -2.28. The second-order valence-electron chi connectivity index (χ2n) is 35.2. The predicted octanol–water partition coefficient (Wildman–Crippen LogP) is 30.0. The Kier molecular flexibility index (Phi) is 15.4. The monoisotopic (exact) mass is 1560 g/mol. The van der Waals surface area contributed by atoms with Gasteiger partial charge in [0.05, 0.1) is 44.5 Å². The second kappa shape index (κ2) is 26.8. The predicted molar refractivity (Wildman–Crippen MR) is 511 cm³/mol. The van der Waals surface area contributed by atoms with E-state index >= 15 is 0 Å². The molecule has 0 saturated heterocycles. The fraction of sp³-hybridized carbons (Fsp3) is 0.0847. The molecule has 0 fully saturated rings. The van der Waals surface area contributed by atoms with Crippen LogP contribution in [-0.2, 0) is 36.5 Å². The van der Waals surface area contributed by atoms with E-state index in [1.165, 1.54) is 232 Å². The molecule has 0 unspecified atom stereocenters. The molecule has 22 aromatic rings. The van der Waals surface area contributed by atoms with Crippen LogP contribution in [-0.4, -0.2) is 18.3 Å². The zero-order chi connectivity index (χ0) is 80.8. The summed E-state index contributed by atoms with van der Waals surface area (Å²) in [5, 5.41) is 13.2. The highest BCUT2D eigenvalue weighted by molar-refractivity contribution is 6.27. The van der Waals surface area contributed by atoms with Crippen LogP contribution < -0.4 is 0 Å². The number of rotatable bonds is 8. The Morgan fingerprint density at radius 1 is 0.221 bits per heavy atom. The molecule has 0 N–H and O–H groups in total. The fourth-order valence-corrected chi connectivity index (χ4v) is 22.7. The molecule has 0 amide bonds. The van der Waals surface area contributed by atoms with Crippen molar-refractivity contribution in [1.82, 2.24) is 18.3 Å². The molecule has 4 heteroatoms. The maximum Gasteiger partial charge on any atom is 0.0619 e. The van der Waals surface area contributed by atoms with Gasteiger partial charge in [-0.2, -0.15) is 0 Å². The van der Waals surface area contributed by atoms with E-state index in [1.54, 1.807) is 0 Å². The summed E-state index contributed by atoms with van der Waals surface area (Å²) in [6, 6.07) is 144. The molecule has 0 radical (unpaired) electrons. The smallest absolute Gasteiger partial charge is 0.0619 e. The Hall–Kier alpha value is -14.8. The van der Waals surface area contributed by atoms with Gasteiger partial charge in [-0.3, -0.25) is 0 Å². The minimum atomic E-state index is -0.212. The average molecular weight is 1560 g/mol. The summed E-state index contributed by atoms with van der Waals surface area (Å²) in [5.74, 6) is 0. The number of benzene rings is 18. The van der Waals surface area contributed by atoms with Crippen LogP contribution in [0.5, 0.6) is 0 Å². The van der Waals surface area contributed by atoms with Crippen molar-refractivity contribution < 1.29 is 0 Å². The highest BCUT2D eigenvalue weighted by Crippen LogP contribution is 2.60. The first-order valence-corrected chi connectivity index (χ1v) is 43.2. The van der Waals surface area contributed by atoms with Gasteiger partial charge in [0, 0.05) is 77.0 Å². The molecule has 4 heterocycles. The van der Waals surface area contributed by atoms with Crippen LogP contribution in [0.25, 0.3) is 177 Å². The molecule has 4 nitrogen and oxygen atoms in total. The third-order valence-electron chi connectivity index (χ3n) is 27.9. The molecule has 4 aliphatic rings. The van der Waals surface area contributed by atoms with Crippen molar-refractivity contribution in [1.29, 1.82) is 0 Å². The molecule has 18 aromatic carbocycles. The van der Waals surface area contributed by atoms with Crippen molar-refractivity contribution in [3.05, 3.63) is 455 Å². The molecule has 4 aliphatic carbocycles. The number of hydrogen-bond acceptors (Lipinski definition) is 0. The van der Waals surface area contributed by atoms with Gasteiger partial charge in [-0.1, -0.05) is 331 Å². The first kappa shape index (κ1) is 70.2. The molecule has 576 valence electrons. The second-order valence-corrected chi connectivity index (χ2v) is 35.2. The summed E-state index contributed by atoms with van der Waals surface area (Å²) < 4.78 is 10.1. The maximum atomic E-state index is 2.60. The van der Waals surface area contributed by atoms with Crippen LogP contribution >= 0.6 is 0 Å². The molecule has 122 heavy (non-hydrogen) atoms. The zero-order valence-electron chi connectivity index (χ0n) is 68.6. The van der Waals surface area contributed by atoms with Crippen molar-refractivity contribution in [3.63, 3.8) is 0 Å². The summed E-state index contributed by atoms with van der Waals surface area (Å²) in [5.41, 5.74) is 44.5. The van der Waals surface area contributed by atoms with Crippen LogP contribution in [0.3, 0.4) is 0 Å². The van der Waals surface area contributed by atoms with E-state index in [2.05, 4.69) is 434 Å². The van der Waals surface area contributed by atoms with Gasteiger partial charge in [0.1, 0.15) is 0 Å². The largest absolute Gasteiger partial charge is 0.309 e. The van der Waals surface area contributed by atoms with Gasteiger partial charge in [-0.05, 0) is 243 Å². The summed E-state index contributed by atoms with van der Waals surface area (Å²) >= 11 is 0. The van der Waals surface area contributed by atoms with E-state index in [0.29, 0.717) is 0 Å². The van der Waals surface area contributed by atoms with Crippen LogP contribution in [0, 0.1) is 0 Å². The Balaban J connectivity index is 0.000000134. The van der Waals surface area contributed by atoms with Gasteiger partial charge in [-0.25, -0.2) is 0 Å². The Labute approximate surface area is 709 Å². The zero-order valence-corrected chi connectivity index (χ0v) is 68.6. The standard InChI is InChI=1S/2C59H42N2/c2*1-59(2)50-26-14-11-23-45(50)54-48-35-41-33-39-19-9-10-20-40(39)34-42(41)36-49(48)55-47-25-13-16-28-52(47)61(58(55)56(54)59)44-31-29-37(30-32-44)53-46-24-12-15-27-51(46)60(43-21-7-4-8-22-43)57(53)38-17-5-3-6-18-38/h3-32,35-36H,33-34H2,1-2H3;3-34H,35-36H2,1-2H3.